The van der Waals surface area contributed by atoms with Crippen LogP contribution in [-0.4, -0.2) is 35.4 Å². The highest BCUT2D eigenvalue weighted by atomic mass is 16.5. The average molecular weight is 362 g/mol. The summed E-state index contributed by atoms with van der Waals surface area (Å²) in [6.07, 6.45) is 8.88. The fourth-order valence-electron chi connectivity index (χ4n) is 4.85. The maximum absolute atomic E-state index is 11.6. The van der Waals surface area contributed by atoms with E-state index < -0.39 is 6.10 Å². The van der Waals surface area contributed by atoms with Gasteiger partial charge in [-0.15, -0.1) is 0 Å². The third-order valence-corrected chi connectivity index (χ3v) is 5.97. The Morgan fingerprint density at radius 1 is 1.31 bits per heavy atom. The molecule has 0 spiro atoms. The SMILES string of the molecule is CC(=O)O[C@H]1C[C@@H](C)C=C2C=C[C@H](C)[C@H](CCC3C[C@@H](O)CC(=O)O3)[C@H]21. The average Bonchev–Trinajstić information content (AvgIpc) is 2.52. The first-order chi connectivity index (χ1) is 12.3. The maximum atomic E-state index is 11.6. The number of cyclic esters (lactones) is 1. The normalized spacial score (nSPS) is 39.6. The lowest BCUT2D eigenvalue weighted by Gasteiger charge is -2.43. The van der Waals surface area contributed by atoms with Gasteiger partial charge in [0.15, 0.2) is 0 Å². The highest BCUT2D eigenvalue weighted by molar-refractivity contribution is 5.71. The molecule has 0 bridgehead atoms. The number of carbonyl (C=O) groups is 2. The zero-order valence-electron chi connectivity index (χ0n) is 15.9. The monoisotopic (exact) mass is 362 g/mol. The Bertz CT molecular complexity index is 608. The third-order valence-electron chi connectivity index (χ3n) is 5.97. The van der Waals surface area contributed by atoms with Gasteiger partial charge in [-0.2, -0.15) is 0 Å². The quantitative estimate of drug-likeness (QED) is 0.778. The number of rotatable bonds is 4. The van der Waals surface area contributed by atoms with Gasteiger partial charge in [0.25, 0.3) is 0 Å². The Kier molecular flexibility index (Phi) is 5.86. The van der Waals surface area contributed by atoms with Crippen molar-refractivity contribution in [2.24, 2.45) is 23.7 Å². The van der Waals surface area contributed by atoms with Crippen molar-refractivity contribution in [2.75, 3.05) is 0 Å². The van der Waals surface area contributed by atoms with E-state index in [4.69, 9.17) is 9.47 Å². The molecule has 5 nitrogen and oxygen atoms in total. The molecule has 5 heteroatoms. The molecular formula is C21H30O5. The van der Waals surface area contributed by atoms with Crippen LogP contribution in [0.15, 0.2) is 23.8 Å². The number of fused-ring (bicyclic) bond motifs is 1. The van der Waals surface area contributed by atoms with Crippen molar-refractivity contribution < 1.29 is 24.2 Å². The van der Waals surface area contributed by atoms with Crippen LogP contribution in [0.1, 0.15) is 52.9 Å². The summed E-state index contributed by atoms with van der Waals surface area (Å²) in [4.78, 5) is 23.2. The molecule has 3 rings (SSSR count). The van der Waals surface area contributed by atoms with Gasteiger partial charge < -0.3 is 14.6 Å². The van der Waals surface area contributed by atoms with E-state index in [0.29, 0.717) is 24.2 Å². The zero-order valence-corrected chi connectivity index (χ0v) is 15.9. The van der Waals surface area contributed by atoms with Gasteiger partial charge in [-0.1, -0.05) is 32.1 Å². The molecule has 0 aromatic heterocycles. The predicted octanol–water partition coefficient (Wildman–Crippen LogP) is 3.17. The number of aliphatic hydroxyl groups excluding tert-OH is 1. The molecule has 1 fully saturated rings. The fourth-order valence-corrected chi connectivity index (χ4v) is 4.85. The molecule has 0 amide bonds. The van der Waals surface area contributed by atoms with E-state index in [-0.39, 0.29) is 36.5 Å². The molecule has 26 heavy (non-hydrogen) atoms. The van der Waals surface area contributed by atoms with E-state index >= 15 is 0 Å². The van der Waals surface area contributed by atoms with Gasteiger partial charge in [0.1, 0.15) is 12.2 Å². The van der Waals surface area contributed by atoms with Crippen molar-refractivity contribution in [1.82, 2.24) is 0 Å². The van der Waals surface area contributed by atoms with Crippen molar-refractivity contribution in [1.29, 1.82) is 0 Å². The molecule has 1 heterocycles. The second-order valence-corrected chi connectivity index (χ2v) is 8.22. The standard InChI is InChI=1S/C21H30O5/c1-12-8-15-5-4-13(2)18(21(15)19(9-12)25-14(3)22)7-6-17-10-16(23)11-20(24)26-17/h4-5,8,12-13,16-19,21,23H,6-7,9-11H2,1-3H3/t12-,13-,16+,17?,18-,19-,21-/m0/s1. The molecule has 1 unspecified atom stereocenters. The lowest BCUT2D eigenvalue weighted by Crippen LogP contribution is -2.41. The minimum absolute atomic E-state index is 0.0978. The van der Waals surface area contributed by atoms with E-state index in [2.05, 4.69) is 32.1 Å². The first-order valence-corrected chi connectivity index (χ1v) is 9.78. The Labute approximate surface area is 155 Å². The molecule has 0 aromatic rings. The van der Waals surface area contributed by atoms with Crippen molar-refractivity contribution in [3.63, 3.8) is 0 Å². The largest absolute Gasteiger partial charge is 0.462 e. The van der Waals surface area contributed by atoms with Crippen molar-refractivity contribution in [3.05, 3.63) is 23.8 Å². The molecular weight excluding hydrogens is 332 g/mol. The molecule has 1 saturated heterocycles. The van der Waals surface area contributed by atoms with E-state index in [9.17, 15) is 14.7 Å². The van der Waals surface area contributed by atoms with Gasteiger partial charge in [0, 0.05) is 19.3 Å². The summed E-state index contributed by atoms with van der Waals surface area (Å²) < 4.78 is 11.1. The third kappa shape index (κ3) is 4.37. The smallest absolute Gasteiger partial charge is 0.308 e. The number of hydrogen-bond donors (Lipinski definition) is 1. The van der Waals surface area contributed by atoms with E-state index in [1.807, 2.05) is 0 Å². The minimum Gasteiger partial charge on any atom is -0.462 e. The predicted molar refractivity (Wildman–Crippen MR) is 97.1 cm³/mol. The molecule has 0 radical (unpaired) electrons. The summed E-state index contributed by atoms with van der Waals surface area (Å²) in [5.41, 5.74) is 1.26. The number of carbonyl (C=O) groups excluding carboxylic acids is 2. The van der Waals surface area contributed by atoms with Crippen LogP contribution in [0.3, 0.4) is 0 Å². The Hall–Kier alpha value is -1.62. The van der Waals surface area contributed by atoms with Gasteiger partial charge in [-0.3, -0.25) is 9.59 Å². The number of aliphatic hydroxyl groups is 1. The Morgan fingerprint density at radius 3 is 2.77 bits per heavy atom. The summed E-state index contributed by atoms with van der Waals surface area (Å²) in [5.74, 6) is 0.746. The Balaban J connectivity index is 1.73. The molecule has 0 saturated carbocycles. The highest BCUT2D eigenvalue weighted by Gasteiger charge is 2.41. The molecule has 1 aliphatic heterocycles. The lowest BCUT2D eigenvalue weighted by molar-refractivity contribution is -0.161. The first-order valence-electron chi connectivity index (χ1n) is 9.78. The number of esters is 2. The summed E-state index contributed by atoms with van der Waals surface area (Å²) in [7, 11) is 0. The summed E-state index contributed by atoms with van der Waals surface area (Å²) in [6.45, 7) is 5.83. The van der Waals surface area contributed by atoms with Gasteiger partial charge >= 0.3 is 11.9 Å². The van der Waals surface area contributed by atoms with Crippen molar-refractivity contribution in [3.8, 4) is 0 Å². The van der Waals surface area contributed by atoms with Gasteiger partial charge in [0.05, 0.1) is 12.5 Å². The topological polar surface area (TPSA) is 72.8 Å². The van der Waals surface area contributed by atoms with Crippen molar-refractivity contribution in [2.45, 2.75) is 71.2 Å². The van der Waals surface area contributed by atoms with Crippen LogP contribution in [0.2, 0.25) is 0 Å². The van der Waals surface area contributed by atoms with Crippen LogP contribution in [-0.2, 0) is 19.1 Å². The molecule has 0 aromatic carbocycles. The summed E-state index contributed by atoms with van der Waals surface area (Å²) >= 11 is 0. The Morgan fingerprint density at radius 2 is 2.08 bits per heavy atom. The second-order valence-electron chi connectivity index (χ2n) is 8.22. The van der Waals surface area contributed by atoms with Crippen LogP contribution in [0.25, 0.3) is 0 Å². The van der Waals surface area contributed by atoms with Gasteiger partial charge in [-0.25, -0.2) is 0 Å². The molecule has 2 aliphatic carbocycles. The molecule has 1 N–H and O–H groups in total. The van der Waals surface area contributed by atoms with Crippen LogP contribution in [0, 0.1) is 23.7 Å². The molecule has 144 valence electrons. The van der Waals surface area contributed by atoms with E-state index in [0.717, 1.165) is 19.3 Å². The number of hydrogen-bond acceptors (Lipinski definition) is 5. The van der Waals surface area contributed by atoms with Crippen molar-refractivity contribution >= 4 is 11.9 Å². The first kappa shape index (κ1) is 19.2. The minimum atomic E-state index is -0.593. The van der Waals surface area contributed by atoms with Gasteiger partial charge in [0.2, 0.25) is 0 Å². The lowest BCUT2D eigenvalue weighted by atomic mass is 9.65. The summed E-state index contributed by atoms with van der Waals surface area (Å²) in [6, 6.07) is 0. The molecule has 7 atom stereocenters. The van der Waals surface area contributed by atoms with Crippen LogP contribution in [0.4, 0.5) is 0 Å². The highest BCUT2D eigenvalue weighted by Crippen LogP contribution is 2.45. The van der Waals surface area contributed by atoms with E-state index in [1.165, 1.54) is 12.5 Å². The van der Waals surface area contributed by atoms with Crippen LogP contribution in [0.5, 0.6) is 0 Å². The van der Waals surface area contributed by atoms with Gasteiger partial charge in [-0.05, 0) is 42.6 Å². The van der Waals surface area contributed by atoms with Crippen LogP contribution >= 0.6 is 0 Å². The number of allylic oxidation sites excluding steroid dienone is 3. The fraction of sp³-hybridized carbons (Fsp3) is 0.714. The maximum Gasteiger partial charge on any atom is 0.308 e. The van der Waals surface area contributed by atoms with Crippen LogP contribution < -0.4 is 0 Å². The van der Waals surface area contributed by atoms with E-state index in [1.54, 1.807) is 0 Å². The summed E-state index contributed by atoms with van der Waals surface area (Å²) in [5, 5.41) is 9.82. The molecule has 3 aliphatic rings. The number of ether oxygens (including phenoxy) is 2. The second kappa shape index (κ2) is 7.95. The zero-order chi connectivity index (χ0) is 18.8.